The summed E-state index contributed by atoms with van der Waals surface area (Å²) in [7, 11) is 0. The monoisotopic (exact) mass is 477 g/mol. The van der Waals surface area contributed by atoms with Gasteiger partial charge in [-0.3, -0.25) is 0 Å². The molecule has 7 rings (SSSR count). The summed E-state index contributed by atoms with van der Waals surface area (Å²) in [6.07, 6.45) is 0. The summed E-state index contributed by atoms with van der Waals surface area (Å²) in [4.78, 5) is 2.37. The largest absolute Gasteiger partial charge is 0.310 e. The number of thiophene rings is 1. The van der Waals surface area contributed by atoms with Gasteiger partial charge < -0.3 is 4.90 Å². The molecule has 0 saturated carbocycles. The molecule has 0 aliphatic rings. The van der Waals surface area contributed by atoms with Crippen molar-refractivity contribution in [3.05, 3.63) is 140 Å². The zero-order chi connectivity index (χ0) is 23.9. The first-order valence-corrected chi connectivity index (χ1v) is 13.0. The number of rotatable bonds is 4. The highest BCUT2D eigenvalue weighted by Gasteiger charge is 2.16. The lowest BCUT2D eigenvalue weighted by Gasteiger charge is -2.27. The normalized spacial score (nSPS) is 11.3. The third-order valence-electron chi connectivity index (χ3n) is 6.84. The lowest BCUT2D eigenvalue weighted by atomic mass is 10.0. The van der Waals surface area contributed by atoms with Crippen molar-refractivity contribution in [1.29, 1.82) is 0 Å². The minimum absolute atomic E-state index is 1.14. The molecule has 2 heteroatoms. The predicted octanol–water partition coefficient (Wildman–Crippen LogP) is 10.3. The van der Waals surface area contributed by atoms with E-state index >= 15 is 0 Å². The summed E-state index contributed by atoms with van der Waals surface area (Å²) in [5, 5.41) is 5.13. The maximum atomic E-state index is 2.37. The van der Waals surface area contributed by atoms with Gasteiger partial charge in [0.1, 0.15) is 0 Å². The highest BCUT2D eigenvalue weighted by Crippen LogP contribution is 2.43. The topological polar surface area (TPSA) is 3.24 Å². The first-order chi connectivity index (χ1) is 17.9. The highest BCUT2D eigenvalue weighted by atomic mass is 32.1. The summed E-state index contributed by atoms with van der Waals surface area (Å²) in [5.74, 6) is 0. The summed E-state index contributed by atoms with van der Waals surface area (Å²) in [6, 6.07) is 50.1. The molecule has 0 spiro atoms. The van der Waals surface area contributed by atoms with Crippen LogP contribution in [-0.4, -0.2) is 0 Å². The fourth-order valence-corrected chi connectivity index (χ4v) is 6.43. The first kappa shape index (κ1) is 20.9. The number of hydrogen-bond donors (Lipinski definition) is 0. The van der Waals surface area contributed by atoms with E-state index in [1.165, 1.54) is 47.8 Å². The molecule has 1 nitrogen and oxygen atoms in total. The van der Waals surface area contributed by atoms with Crippen LogP contribution in [0, 0.1) is 0 Å². The molecule has 0 amide bonds. The van der Waals surface area contributed by atoms with Crippen LogP contribution in [-0.2, 0) is 0 Å². The Bertz CT molecular complexity index is 1840. The van der Waals surface area contributed by atoms with E-state index < -0.39 is 0 Å². The third kappa shape index (κ3) is 3.46. The predicted molar refractivity (Wildman–Crippen MR) is 157 cm³/mol. The summed E-state index contributed by atoms with van der Waals surface area (Å²) in [5.41, 5.74) is 5.98. The van der Waals surface area contributed by atoms with E-state index in [9.17, 15) is 0 Å². The van der Waals surface area contributed by atoms with Gasteiger partial charge in [-0.25, -0.2) is 0 Å². The SMILES string of the molecule is c1ccc(N(c2cccc(-c3cccc4c3sc3ccccc34)c2)c2cccc3ccccc23)cc1. The van der Waals surface area contributed by atoms with E-state index in [0.29, 0.717) is 0 Å². The molecule has 0 atom stereocenters. The van der Waals surface area contributed by atoms with E-state index in [-0.39, 0.29) is 0 Å². The van der Waals surface area contributed by atoms with Crippen LogP contribution in [0.15, 0.2) is 140 Å². The first-order valence-electron chi connectivity index (χ1n) is 12.2. The van der Waals surface area contributed by atoms with Crippen LogP contribution in [0.4, 0.5) is 17.1 Å². The number of benzene rings is 6. The van der Waals surface area contributed by atoms with Crippen LogP contribution >= 0.6 is 11.3 Å². The molecular weight excluding hydrogens is 454 g/mol. The maximum absolute atomic E-state index is 2.37. The van der Waals surface area contributed by atoms with Gasteiger partial charge in [0.25, 0.3) is 0 Å². The molecular formula is C34H23NS. The summed E-state index contributed by atoms with van der Waals surface area (Å²) in [6.45, 7) is 0. The van der Waals surface area contributed by atoms with Crippen LogP contribution < -0.4 is 4.90 Å². The Morgan fingerprint density at radius 2 is 1.14 bits per heavy atom. The van der Waals surface area contributed by atoms with Crippen LogP contribution in [0.1, 0.15) is 0 Å². The zero-order valence-corrected chi connectivity index (χ0v) is 20.5. The van der Waals surface area contributed by atoms with Crippen molar-refractivity contribution < 1.29 is 0 Å². The molecule has 0 saturated heterocycles. The van der Waals surface area contributed by atoms with Crippen molar-refractivity contribution in [1.82, 2.24) is 0 Å². The smallest absolute Gasteiger partial charge is 0.0540 e. The molecule has 6 aromatic carbocycles. The van der Waals surface area contributed by atoms with E-state index in [2.05, 4.69) is 144 Å². The summed E-state index contributed by atoms with van der Waals surface area (Å²) >= 11 is 1.88. The zero-order valence-electron chi connectivity index (χ0n) is 19.6. The van der Waals surface area contributed by atoms with Gasteiger partial charge in [-0.15, -0.1) is 11.3 Å². The quantitative estimate of drug-likeness (QED) is 0.244. The van der Waals surface area contributed by atoms with Gasteiger partial charge in [-0.1, -0.05) is 103 Å². The number of para-hydroxylation sites is 1. The Hall–Kier alpha value is -4.40. The molecule has 0 radical (unpaired) electrons. The standard InChI is InChI=1S/C34H23NS/c1-2-14-26(15-3-1)35(32-21-9-12-24-11-4-5-17-28(24)32)27-16-8-13-25(23-27)29-19-10-20-31-30-18-6-7-22-33(30)36-34(29)31/h1-23H. The average Bonchev–Trinajstić information content (AvgIpc) is 3.33. The fraction of sp³-hybridized carbons (Fsp3) is 0. The second kappa shape index (κ2) is 8.67. The molecule has 0 unspecified atom stereocenters. The average molecular weight is 478 g/mol. The van der Waals surface area contributed by atoms with Crippen LogP contribution in [0.25, 0.3) is 42.1 Å². The Morgan fingerprint density at radius 1 is 0.472 bits per heavy atom. The Morgan fingerprint density at radius 3 is 2.06 bits per heavy atom. The van der Waals surface area contributed by atoms with Gasteiger partial charge in [-0.05, 0) is 52.9 Å². The second-order valence-corrected chi connectivity index (χ2v) is 10.1. The van der Waals surface area contributed by atoms with Gasteiger partial charge in [0.2, 0.25) is 0 Å². The maximum Gasteiger partial charge on any atom is 0.0540 e. The minimum Gasteiger partial charge on any atom is -0.310 e. The van der Waals surface area contributed by atoms with Gasteiger partial charge in [0.05, 0.1) is 5.69 Å². The number of nitrogens with zero attached hydrogens (tertiary/aromatic N) is 1. The fourth-order valence-electron chi connectivity index (χ4n) is 5.19. The Kier molecular flexibility index (Phi) is 5.04. The molecule has 36 heavy (non-hydrogen) atoms. The van der Waals surface area contributed by atoms with E-state index in [0.717, 1.165) is 11.4 Å². The van der Waals surface area contributed by atoms with E-state index in [4.69, 9.17) is 0 Å². The molecule has 0 aliphatic carbocycles. The lowest BCUT2D eigenvalue weighted by Crippen LogP contribution is -2.10. The number of anilines is 3. The van der Waals surface area contributed by atoms with Crippen molar-refractivity contribution in [3.63, 3.8) is 0 Å². The lowest BCUT2D eigenvalue weighted by molar-refractivity contribution is 1.30. The minimum atomic E-state index is 1.14. The summed E-state index contributed by atoms with van der Waals surface area (Å²) < 4.78 is 2.67. The van der Waals surface area contributed by atoms with Crippen LogP contribution in [0.2, 0.25) is 0 Å². The van der Waals surface area contributed by atoms with Crippen molar-refractivity contribution in [3.8, 4) is 11.1 Å². The van der Waals surface area contributed by atoms with Gasteiger partial charge >= 0.3 is 0 Å². The van der Waals surface area contributed by atoms with E-state index in [1.54, 1.807) is 0 Å². The Labute approximate surface area is 214 Å². The van der Waals surface area contributed by atoms with Gasteiger partial charge in [0.15, 0.2) is 0 Å². The Balaban J connectivity index is 1.45. The second-order valence-electron chi connectivity index (χ2n) is 9.00. The third-order valence-corrected chi connectivity index (χ3v) is 8.06. The van der Waals surface area contributed by atoms with Gasteiger partial charge in [-0.2, -0.15) is 0 Å². The van der Waals surface area contributed by atoms with Crippen LogP contribution in [0.3, 0.4) is 0 Å². The molecule has 0 N–H and O–H groups in total. The van der Waals surface area contributed by atoms with Crippen molar-refractivity contribution in [2.75, 3.05) is 4.90 Å². The molecule has 1 heterocycles. The molecule has 170 valence electrons. The highest BCUT2D eigenvalue weighted by molar-refractivity contribution is 7.26. The molecule has 0 bridgehead atoms. The number of fused-ring (bicyclic) bond motifs is 4. The molecule has 0 fully saturated rings. The van der Waals surface area contributed by atoms with Crippen molar-refractivity contribution in [2.45, 2.75) is 0 Å². The van der Waals surface area contributed by atoms with Crippen LogP contribution in [0.5, 0.6) is 0 Å². The van der Waals surface area contributed by atoms with Gasteiger partial charge in [0, 0.05) is 36.9 Å². The molecule has 7 aromatic rings. The van der Waals surface area contributed by atoms with E-state index in [1.807, 2.05) is 11.3 Å². The van der Waals surface area contributed by atoms with Crippen molar-refractivity contribution in [2.24, 2.45) is 0 Å². The molecule has 0 aliphatic heterocycles. The number of hydrogen-bond acceptors (Lipinski definition) is 2. The van der Waals surface area contributed by atoms with Crippen molar-refractivity contribution >= 4 is 59.3 Å². The molecule has 1 aromatic heterocycles.